The highest BCUT2D eigenvalue weighted by Crippen LogP contribution is 2.16. The van der Waals surface area contributed by atoms with Crippen molar-refractivity contribution in [3.63, 3.8) is 0 Å². The fourth-order valence-electron chi connectivity index (χ4n) is 1.16. The number of aromatic nitrogens is 2. The predicted octanol–water partition coefficient (Wildman–Crippen LogP) is 2.63. The molecule has 2 heterocycles. The summed E-state index contributed by atoms with van der Waals surface area (Å²) in [7, 11) is 0. The van der Waals surface area contributed by atoms with Gasteiger partial charge in [0.15, 0.2) is 0 Å². The first kappa shape index (κ1) is 7.37. The normalized spacial score (nSPS) is 10.4. The van der Waals surface area contributed by atoms with Gasteiger partial charge in [0.2, 0.25) is 0 Å². The van der Waals surface area contributed by atoms with Crippen molar-refractivity contribution in [2.45, 2.75) is 0 Å². The smallest absolute Gasteiger partial charge is 0.0733 e. The molecule has 0 aliphatic carbocycles. The standard InChI is InChI=1S/C9H7ClN2/c1-2-7-3-4-12-9(7)5-8(10)6-11-12/h2-6H,1H2. The third kappa shape index (κ3) is 1.01. The Morgan fingerprint density at radius 2 is 2.42 bits per heavy atom. The molecule has 2 aromatic heterocycles. The number of rotatable bonds is 1. The van der Waals surface area contributed by atoms with Gasteiger partial charge in [-0.1, -0.05) is 24.3 Å². The van der Waals surface area contributed by atoms with E-state index in [0.717, 1.165) is 11.1 Å². The van der Waals surface area contributed by atoms with Gasteiger partial charge in [-0.15, -0.1) is 0 Å². The minimum atomic E-state index is 0.643. The van der Waals surface area contributed by atoms with Crippen LogP contribution in [-0.2, 0) is 0 Å². The van der Waals surface area contributed by atoms with E-state index in [1.54, 1.807) is 16.8 Å². The molecule has 0 N–H and O–H groups in total. The number of hydrogen-bond acceptors (Lipinski definition) is 1. The van der Waals surface area contributed by atoms with Crippen LogP contribution in [0.15, 0.2) is 31.1 Å². The molecule has 0 aliphatic heterocycles. The highest BCUT2D eigenvalue weighted by molar-refractivity contribution is 6.30. The molecule has 0 radical (unpaired) electrons. The Labute approximate surface area is 75.1 Å². The fourth-order valence-corrected chi connectivity index (χ4v) is 1.30. The summed E-state index contributed by atoms with van der Waals surface area (Å²) in [6.07, 6.45) is 5.28. The average Bonchev–Trinajstić information content (AvgIpc) is 2.46. The van der Waals surface area contributed by atoms with E-state index in [9.17, 15) is 0 Å². The molecule has 0 unspecified atom stereocenters. The molecule has 0 saturated carbocycles. The summed E-state index contributed by atoms with van der Waals surface area (Å²) in [6.45, 7) is 3.70. The lowest BCUT2D eigenvalue weighted by Gasteiger charge is -1.94. The van der Waals surface area contributed by atoms with E-state index in [1.165, 1.54) is 0 Å². The van der Waals surface area contributed by atoms with Gasteiger partial charge in [0, 0.05) is 11.8 Å². The molecule has 0 spiro atoms. The summed E-state index contributed by atoms with van der Waals surface area (Å²) >= 11 is 5.79. The number of nitrogens with zero attached hydrogens (tertiary/aromatic N) is 2. The molecule has 0 saturated heterocycles. The van der Waals surface area contributed by atoms with E-state index < -0.39 is 0 Å². The van der Waals surface area contributed by atoms with Crippen LogP contribution in [0.25, 0.3) is 11.6 Å². The number of hydrogen-bond donors (Lipinski definition) is 0. The molecule has 0 bridgehead atoms. The van der Waals surface area contributed by atoms with Gasteiger partial charge in [-0.05, 0) is 12.1 Å². The zero-order valence-corrected chi connectivity index (χ0v) is 7.12. The minimum absolute atomic E-state index is 0.643. The molecule has 0 fully saturated rings. The summed E-state index contributed by atoms with van der Waals surface area (Å²) in [6, 6.07) is 3.82. The van der Waals surface area contributed by atoms with E-state index in [1.807, 2.05) is 18.3 Å². The van der Waals surface area contributed by atoms with Crippen LogP contribution >= 0.6 is 11.6 Å². The summed E-state index contributed by atoms with van der Waals surface area (Å²) < 4.78 is 1.77. The van der Waals surface area contributed by atoms with Gasteiger partial charge in [0.25, 0.3) is 0 Å². The molecule has 60 valence electrons. The first-order chi connectivity index (χ1) is 5.81. The van der Waals surface area contributed by atoms with Crippen LogP contribution in [0.5, 0.6) is 0 Å². The summed E-state index contributed by atoms with van der Waals surface area (Å²) in [5, 5.41) is 4.73. The molecule has 12 heavy (non-hydrogen) atoms. The molecular weight excluding hydrogens is 172 g/mol. The Morgan fingerprint density at radius 3 is 3.17 bits per heavy atom. The second kappa shape index (κ2) is 2.64. The molecule has 3 heteroatoms. The minimum Gasteiger partial charge on any atom is -0.240 e. The van der Waals surface area contributed by atoms with Crippen molar-refractivity contribution >= 4 is 23.2 Å². The van der Waals surface area contributed by atoms with E-state index >= 15 is 0 Å². The van der Waals surface area contributed by atoms with Gasteiger partial charge >= 0.3 is 0 Å². The topological polar surface area (TPSA) is 17.3 Å². The predicted molar refractivity (Wildman–Crippen MR) is 50.3 cm³/mol. The van der Waals surface area contributed by atoms with Crippen LogP contribution in [0.4, 0.5) is 0 Å². The zero-order valence-electron chi connectivity index (χ0n) is 6.37. The molecular formula is C9H7ClN2. The van der Waals surface area contributed by atoms with Crippen molar-refractivity contribution in [1.29, 1.82) is 0 Å². The van der Waals surface area contributed by atoms with Crippen molar-refractivity contribution in [2.24, 2.45) is 0 Å². The van der Waals surface area contributed by atoms with Crippen molar-refractivity contribution < 1.29 is 0 Å². The Morgan fingerprint density at radius 1 is 1.58 bits per heavy atom. The molecule has 0 atom stereocenters. The molecule has 2 rings (SSSR count). The van der Waals surface area contributed by atoms with Crippen LogP contribution < -0.4 is 0 Å². The van der Waals surface area contributed by atoms with Crippen molar-refractivity contribution in [1.82, 2.24) is 9.61 Å². The van der Waals surface area contributed by atoms with Crippen LogP contribution in [-0.4, -0.2) is 9.61 Å². The van der Waals surface area contributed by atoms with Crippen LogP contribution in [0.2, 0.25) is 5.02 Å². The molecule has 0 aromatic carbocycles. The van der Waals surface area contributed by atoms with E-state index in [-0.39, 0.29) is 0 Å². The number of fused-ring (bicyclic) bond motifs is 1. The molecule has 2 aromatic rings. The average molecular weight is 179 g/mol. The maximum Gasteiger partial charge on any atom is 0.0733 e. The molecule has 0 aliphatic rings. The third-order valence-electron chi connectivity index (χ3n) is 1.74. The second-order valence-electron chi connectivity index (χ2n) is 2.48. The first-order valence-electron chi connectivity index (χ1n) is 3.56. The van der Waals surface area contributed by atoms with Crippen LogP contribution in [0.1, 0.15) is 5.56 Å². The fraction of sp³-hybridized carbons (Fsp3) is 0. The first-order valence-corrected chi connectivity index (χ1v) is 3.94. The van der Waals surface area contributed by atoms with Gasteiger partial charge in [0.05, 0.1) is 16.7 Å². The van der Waals surface area contributed by atoms with Crippen molar-refractivity contribution in [2.75, 3.05) is 0 Å². The van der Waals surface area contributed by atoms with Gasteiger partial charge in [-0.3, -0.25) is 0 Å². The summed E-state index contributed by atoms with van der Waals surface area (Å²) in [5.41, 5.74) is 2.03. The monoisotopic (exact) mass is 178 g/mol. The third-order valence-corrected chi connectivity index (χ3v) is 1.94. The Kier molecular flexibility index (Phi) is 1.62. The van der Waals surface area contributed by atoms with E-state index in [0.29, 0.717) is 5.02 Å². The zero-order chi connectivity index (χ0) is 8.55. The lowest BCUT2D eigenvalue weighted by molar-refractivity contribution is 0.941. The van der Waals surface area contributed by atoms with E-state index in [2.05, 4.69) is 11.7 Å². The SMILES string of the molecule is C=Cc1ccn2ncc(Cl)cc12. The Bertz CT molecular complexity index is 431. The van der Waals surface area contributed by atoms with Crippen molar-refractivity contribution in [3.8, 4) is 0 Å². The Balaban J connectivity index is 2.83. The highest BCUT2D eigenvalue weighted by Gasteiger charge is 1.99. The van der Waals surface area contributed by atoms with Crippen molar-refractivity contribution in [3.05, 3.63) is 41.7 Å². The lowest BCUT2D eigenvalue weighted by atomic mass is 10.3. The maximum absolute atomic E-state index is 5.79. The lowest BCUT2D eigenvalue weighted by Crippen LogP contribution is -1.87. The van der Waals surface area contributed by atoms with Crippen LogP contribution in [0.3, 0.4) is 0 Å². The number of halogens is 1. The highest BCUT2D eigenvalue weighted by atomic mass is 35.5. The molecule has 0 amide bonds. The Hall–Kier alpha value is -1.28. The van der Waals surface area contributed by atoms with Gasteiger partial charge in [0.1, 0.15) is 0 Å². The van der Waals surface area contributed by atoms with Gasteiger partial charge < -0.3 is 0 Å². The van der Waals surface area contributed by atoms with Gasteiger partial charge in [-0.25, -0.2) is 4.52 Å². The molecule has 2 nitrogen and oxygen atoms in total. The summed E-state index contributed by atoms with van der Waals surface area (Å²) in [4.78, 5) is 0. The van der Waals surface area contributed by atoms with E-state index in [4.69, 9.17) is 11.6 Å². The quantitative estimate of drug-likeness (QED) is 0.656. The largest absolute Gasteiger partial charge is 0.240 e. The maximum atomic E-state index is 5.79. The van der Waals surface area contributed by atoms with Gasteiger partial charge in [-0.2, -0.15) is 5.10 Å². The summed E-state index contributed by atoms with van der Waals surface area (Å²) in [5.74, 6) is 0. The van der Waals surface area contributed by atoms with Crippen LogP contribution in [0, 0.1) is 0 Å². The second-order valence-corrected chi connectivity index (χ2v) is 2.92.